The van der Waals surface area contributed by atoms with Crippen LogP contribution >= 0.6 is 0 Å². The number of nitrogens with one attached hydrogen (secondary N) is 2. The highest BCUT2D eigenvalue weighted by Crippen LogP contribution is 2.28. The summed E-state index contributed by atoms with van der Waals surface area (Å²) in [5, 5.41) is 12.0. The molecule has 1 heterocycles. The second-order valence-corrected chi connectivity index (χ2v) is 4.86. The van der Waals surface area contributed by atoms with E-state index in [9.17, 15) is 4.79 Å². The van der Waals surface area contributed by atoms with Crippen molar-refractivity contribution in [2.24, 2.45) is 0 Å². The molecule has 0 spiro atoms. The molecule has 0 amide bonds. The van der Waals surface area contributed by atoms with Crippen LogP contribution in [0.5, 0.6) is 0 Å². The summed E-state index contributed by atoms with van der Waals surface area (Å²) in [6, 6.07) is 5.56. The van der Waals surface area contributed by atoms with Crippen LogP contribution in [0.1, 0.15) is 27.9 Å². The molecule has 2 aromatic rings. The van der Waals surface area contributed by atoms with Gasteiger partial charge in [-0.05, 0) is 49.9 Å². The molecule has 0 radical (unpaired) electrons. The average Bonchev–Trinajstić information content (AvgIpc) is 2.40. The fourth-order valence-corrected chi connectivity index (χ4v) is 2.11. The van der Waals surface area contributed by atoms with Crippen LogP contribution < -0.4 is 11.0 Å². The first-order chi connectivity index (χ1) is 9.42. The standard InChI is InChI=1S/C15H16N4O/c1-8-5-9(2)11(4)14(10(8)3)18-13-6-12(7-16)17-15(20)19-13/h5-6H,1-4H3,(H2,17,18,19,20). The van der Waals surface area contributed by atoms with Crippen LogP contribution in [-0.2, 0) is 0 Å². The number of nitriles is 1. The highest BCUT2D eigenvalue weighted by molar-refractivity contribution is 5.68. The second kappa shape index (κ2) is 5.17. The number of rotatable bonds is 2. The lowest BCUT2D eigenvalue weighted by molar-refractivity contribution is 1.06. The predicted octanol–water partition coefficient (Wildman–Crippen LogP) is 2.62. The molecular formula is C15H16N4O. The fourth-order valence-electron chi connectivity index (χ4n) is 2.11. The summed E-state index contributed by atoms with van der Waals surface area (Å²) in [5.41, 5.74) is 5.13. The molecule has 0 aliphatic rings. The maximum atomic E-state index is 11.4. The first-order valence-corrected chi connectivity index (χ1v) is 6.28. The van der Waals surface area contributed by atoms with Gasteiger partial charge in [-0.15, -0.1) is 0 Å². The predicted molar refractivity (Wildman–Crippen MR) is 78.2 cm³/mol. The molecule has 1 aromatic heterocycles. The summed E-state index contributed by atoms with van der Waals surface area (Å²) < 4.78 is 0. The zero-order valence-electron chi connectivity index (χ0n) is 12.0. The van der Waals surface area contributed by atoms with Gasteiger partial charge in [0, 0.05) is 11.8 Å². The molecule has 1 aromatic carbocycles. The molecule has 5 nitrogen and oxygen atoms in total. The minimum absolute atomic E-state index is 0.187. The number of aryl methyl sites for hydroxylation is 2. The van der Waals surface area contributed by atoms with Gasteiger partial charge in [0.2, 0.25) is 0 Å². The maximum absolute atomic E-state index is 11.4. The summed E-state index contributed by atoms with van der Waals surface area (Å²) in [5.74, 6) is 0.376. The number of anilines is 2. The van der Waals surface area contributed by atoms with E-state index < -0.39 is 5.69 Å². The van der Waals surface area contributed by atoms with E-state index in [1.54, 1.807) is 0 Å². The van der Waals surface area contributed by atoms with E-state index >= 15 is 0 Å². The van der Waals surface area contributed by atoms with Crippen molar-refractivity contribution in [1.29, 1.82) is 5.26 Å². The quantitative estimate of drug-likeness (QED) is 0.877. The molecule has 0 bridgehead atoms. The summed E-state index contributed by atoms with van der Waals surface area (Å²) in [4.78, 5) is 17.6. The molecule has 5 heteroatoms. The molecule has 0 aliphatic heterocycles. The first-order valence-electron chi connectivity index (χ1n) is 6.28. The maximum Gasteiger partial charge on any atom is 0.347 e. The second-order valence-electron chi connectivity index (χ2n) is 4.86. The van der Waals surface area contributed by atoms with E-state index in [2.05, 4.69) is 21.4 Å². The van der Waals surface area contributed by atoms with Crippen molar-refractivity contribution in [3.8, 4) is 6.07 Å². The Hall–Kier alpha value is -2.61. The third-order valence-corrected chi connectivity index (χ3v) is 3.48. The van der Waals surface area contributed by atoms with Crippen LogP contribution in [0.4, 0.5) is 11.5 Å². The summed E-state index contributed by atoms with van der Waals surface area (Å²) in [6.45, 7) is 8.11. The van der Waals surface area contributed by atoms with Gasteiger partial charge in [-0.2, -0.15) is 10.2 Å². The lowest BCUT2D eigenvalue weighted by Crippen LogP contribution is -2.14. The van der Waals surface area contributed by atoms with Crippen molar-refractivity contribution in [2.45, 2.75) is 27.7 Å². The monoisotopic (exact) mass is 268 g/mol. The molecule has 0 atom stereocenters. The normalized spacial score (nSPS) is 10.2. The molecule has 0 unspecified atom stereocenters. The lowest BCUT2D eigenvalue weighted by atomic mass is 9.99. The minimum Gasteiger partial charge on any atom is -0.340 e. The van der Waals surface area contributed by atoms with Gasteiger partial charge in [-0.1, -0.05) is 6.07 Å². The largest absolute Gasteiger partial charge is 0.347 e. The van der Waals surface area contributed by atoms with Gasteiger partial charge < -0.3 is 5.32 Å². The number of hydrogen-bond donors (Lipinski definition) is 2. The third kappa shape index (κ3) is 2.54. The third-order valence-electron chi connectivity index (χ3n) is 3.48. The van der Waals surface area contributed by atoms with Gasteiger partial charge in [0.05, 0.1) is 0 Å². The van der Waals surface area contributed by atoms with Crippen molar-refractivity contribution in [3.63, 3.8) is 0 Å². The van der Waals surface area contributed by atoms with E-state index in [4.69, 9.17) is 5.26 Å². The Morgan fingerprint density at radius 3 is 2.30 bits per heavy atom. The average molecular weight is 268 g/mol. The topological polar surface area (TPSA) is 81.6 Å². The van der Waals surface area contributed by atoms with Gasteiger partial charge >= 0.3 is 5.69 Å². The van der Waals surface area contributed by atoms with E-state index in [1.807, 2.05) is 33.8 Å². The number of hydrogen-bond acceptors (Lipinski definition) is 4. The van der Waals surface area contributed by atoms with Crippen LogP contribution in [0, 0.1) is 39.0 Å². The highest BCUT2D eigenvalue weighted by Gasteiger charge is 2.10. The number of nitrogens with zero attached hydrogens (tertiary/aromatic N) is 2. The number of aromatic amines is 1. The van der Waals surface area contributed by atoms with E-state index in [-0.39, 0.29) is 5.69 Å². The van der Waals surface area contributed by atoms with Gasteiger partial charge in [0.15, 0.2) is 0 Å². The molecular weight excluding hydrogens is 252 g/mol. The first kappa shape index (κ1) is 13.8. The Morgan fingerprint density at radius 1 is 1.15 bits per heavy atom. The molecule has 0 saturated heterocycles. The van der Waals surface area contributed by atoms with Crippen molar-refractivity contribution in [1.82, 2.24) is 9.97 Å². The zero-order valence-corrected chi connectivity index (χ0v) is 12.0. The molecule has 0 aliphatic carbocycles. The SMILES string of the molecule is Cc1cc(C)c(C)c(Nc2cc(C#N)[nH]c(=O)n2)c1C. The summed E-state index contributed by atoms with van der Waals surface area (Å²) >= 11 is 0. The van der Waals surface area contributed by atoms with Crippen LogP contribution in [0.15, 0.2) is 16.9 Å². The van der Waals surface area contributed by atoms with Crippen LogP contribution in [0.25, 0.3) is 0 Å². The Morgan fingerprint density at radius 2 is 1.75 bits per heavy atom. The Kier molecular flexibility index (Phi) is 3.57. The van der Waals surface area contributed by atoms with Crippen molar-refractivity contribution >= 4 is 11.5 Å². The number of benzene rings is 1. The minimum atomic E-state index is -0.536. The molecule has 0 fully saturated rings. The van der Waals surface area contributed by atoms with Crippen molar-refractivity contribution in [2.75, 3.05) is 5.32 Å². The summed E-state index contributed by atoms with van der Waals surface area (Å²) in [6.07, 6.45) is 0. The number of aromatic nitrogens is 2. The molecule has 0 saturated carbocycles. The van der Waals surface area contributed by atoms with Gasteiger partial charge in [0.1, 0.15) is 17.6 Å². The molecule has 20 heavy (non-hydrogen) atoms. The fraction of sp³-hybridized carbons (Fsp3) is 0.267. The Bertz CT molecular complexity index is 742. The molecule has 2 N–H and O–H groups in total. The van der Waals surface area contributed by atoms with Gasteiger partial charge in [-0.3, -0.25) is 4.98 Å². The van der Waals surface area contributed by atoms with Crippen LogP contribution in [0.2, 0.25) is 0 Å². The van der Waals surface area contributed by atoms with Gasteiger partial charge in [0.25, 0.3) is 0 Å². The molecule has 2 rings (SSSR count). The Labute approximate surface area is 117 Å². The van der Waals surface area contributed by atoms with E-state index in [0.29, 0.717) is 5.82 Å². The van der Waals surface area contributed by atoms with E-state index in [0.717, 1.165) is 16.8 Å². The molecule has 102 valence electrons. The number of H-pyrrole nitrogens is 1. The van der Waals surface area contributed by atoms with Crippen LogP contribution in [-0.4, -0.2) is 9.97 Å². The van der Waals surface area contributed by atoms with Gasteiger partial charge in [-0.25, -0.2) is 4.79 Å². The Balaban J connectivity index is 2.53. The zero-order chi connectivity index (χ0) is 14.9. The highest BCUT2D eigenvalue weighted by atomic mass is 16.1. The lowest BCUT2D eigenvalue weighted by Gasteiger charge is -2.16. The van der Waals surface area contributed by atoms with Crippen molar-refractivity contribution in [3.05, 3.63) is 50.6 Å². The smallest absolute Gasteiger partial charge is 0.340 e. The van der Waals surface area contributed by atoms with E-state index in [1.165, 1.54) is 17.2 Å². The van der Waals surface area contributed by atoms with Crippen LogP contribution in [0.3, 0.4) is 0 Å². The summed E-state index contributed by atoms with van der Waals surface area (Å²) in [7, 11) is 0. The van der Waals surface area contributed by atoms with Crippen molar-refractivity contribution < 1.29 is 0 Å².